The second-order valence-electron chi connectivity index (χ2n) is 6.95. The number of halogens is 1. The summed E-state index contributed by atoms with van der Waals surface area (Å²) >= 11 is 0. The molecular formula is C21H21FN2O4. The number of carboxylic acids is 1. The number of anilines is 1. The van der Waals surface area contributed by atoms with Crippen molar-refractivity contribution in [3.63, 3.8) is 0 Å². The van der Waals surface area contributed by atoms with Crippen LogP contribution in [-0.4, -0.2) is 40.9 Å². The van der Waals surface area contributed by atoms with Gasteiger partial charge in [-0.1, -0.05) is 0 Å². The van der Waals surface area contributed by atoms with E-state index < -0.39 is 23.6 Å². The number of carbonyl (C=O) groups is 3. The molecule has 0 aromatic heterocycles. The maximum Gasteiger partial charge on any atom is 0.306 e. The third kappa shape index (κ3) is 4.54. The molecule has 146 valence electrons. The number of hydrogen-bond acceptors (Lipinski definition) is 3. The lowest BCUT2D eigenvalue weighted by atomic mass is 9.96. The van der Waals surface area contributed by atoms with Gasteiger partial charge in [0.05, 0.1) is 5.92 Å². The largest absolute Gasteiger partial charge is 0.481 e. The van der Waals surface area contributed by atoms with E-state index in [1.54, 1.807) is 42.2 Å². The van der Waals surface area contributed by atoms with Gasteiger partial charge in [0.25, 0.3) is 11.8 Å². The van der Waals surface area contributed by atoms with Crippen molar-refractivity contribution in [2.45, 2.75) is 19.8 Å². The maximum absolute atomic E-state index is 13.5. The van der Waals surface area contributed by atoms with E-state index >= 15 is 0 Å². The van der Waals surface area contributed by atoms with E-state index in [1.165, 1.54) is 12.1 Å². The quantitative estimate of drug-likeness (QED) is 0.847. The lowest BCUT2D eigenvalue weighted by molar-refractivity contribution is -0.143. The molecule has 3 rings (SSSR count). The molecule has 1 aliphatic rings. The van der Waals surface area contributed by atoms with E-state index in [4.69, 9.17) is 5.11 Å². The van der Waals surface area contributed by atoms with Crippen molar-refractivity contribution in [3.05, 3.63) is 65.0 Å². The number of nitrogens with one attached hydrogen (secondary N) is 1. The van der Waals surface area contributed by atoms with Gasteiger partial charge in [0, 0.05) is 29.9 Å². The number of aliphatic carboxylic acids is 1. The fraction of sp³-hybridized carbons (Fsp3) is 0.286. The number of aryl methyl sites for hydroxylation is 1. The molecule has 6 nitrogen and oxygen atoms in total. The van der Waals surface area contributed by atoms with E-state index in [-0.39, 0.29) is 11.5 Å². The van der Waals surface area contributed by atoms with Crippen LogP contribution in [0.1, 0.15) is 39.1 Å². The van der Waals surface area contributed by atoms with Crippen molar-refractivity contribution in [1.82, 2.24) is 4.90 Å². The fourth-order valence-electron chi connectivity index (χ4n) is 3.28. The highest BCUT2D eigenvalue weighted by Crippen LogP contribution is 2.20. The van der Waals surface area contributed by atoms with Gasteiger partial charge in [-0.15, -0.1) is 0 Å². The molecule has 0 spiro atoms. The van der Waals surface area contributed by atoms with Crippen LogP contribution in [0, 0.1) is 18.7 Å². The fourth-order valence-corrected chi connectivity index (χ4v) is 3.28. The third-order valence-corrected chi connectivity index (χ3v) is 4.83. The van der Waals surface area contributed by atoms with Gasteiger partial charge in [-0.05, 0) is 67.8 Å². The minimum atomic E-state index is -0.819. The van der Waals surface area contributed by atoms with E-state index in [2.05, 4.69) is 5.32 Å². The van der Waals surface area contributed by atoms with Crippen LogP contribution in [0.5, 0.6) is 0 Å². The summed E-state index contributed by atoms with van der Waals surface area (Å²) in [6.45, 7) is 2.53. The molecule has 0 unspecified atom stereocenters. The number of benzene rings is 2. The molecule has 1 saturated heterocycles. The summed E-state index contributed by atoms with van der Waals surface area (Å²) in [4.78, 5) is 37.5. The number of nitrogens with zero attached hydrogens (tertiary/aromatic N) is 1. The van der Waals surface area contributed by atoms with Crippen LogP contribution in [0.4, 0.5) is 10.1 Å². The Bertz CT molecular complexity index is 883. The van der Waals surface area contributed by atoms with Gasteiger partial charge in [-0.2, -0.15) is 0 Å². The number of piperidine rings is 1. The van der Waals surface area contributed by atoms with E-state index in [1.807, 2.05) is 0 Å². The van der Waals surface area contributed by atoms with Gasteiger partial charge in [-0.25, -0.2) is 4.39 Å². The summed E-state index contributed by atoms with van der Waals surface area (Å²) < 4.78 is 13.5. The van der Waals surface area contributed by atoms with Crippen molar-refractivity contribution in [2.24, 2.45) is 5.92 Å². The number of carboxylic acid groups (broad SMARTS) is 1. The average Bonchev–Trinajstić information content (AvgIpc) is 2.67. The van der Waals surface area contributed by atoms with Crippen LogP contribution >= 0.6 is 0 Å². The summed E-state index contributed by atoms with van der Waals surface area (Å²) in [7, 11) is 0. The van der Waals surface area contributed by atoms with Crippen LogP contribution in [0.25, 0.3) is 0 Å². The van der Waals surface area contributed by atoms with Crippen molar-refractivity contribution < 1.29 is 23.9 Å². The van der Waals surface area contributed by atoms with Gasteiger partial charge in [0.1, 0.15) is 5.82 Å². The first-order chi connectivity index (χ1) is 13.3. The zero-order valence-electron chi connectivity index (χ0n) is 15.4. The summed E-state index contributed by atoms with van der Waals surface area (Å²) in [5.74, 6) is -2.29. The lowest BCUT2D eigenvalue weighted by Crippen LogP contribution is -2.40. The Hall–Kier alpha value is -3.22. The smallest absolute Gasteiger partial charge is 0.306 e. The summed E-state index contributed by atoms with van der Waals surface area (Å²) in [6.07, 6.45) is 0.893. The highest BCUT2D eigenvalue weighted by molar-refractivity contribution is 6.04. The second kappa shape index (κ2) is 8.21. The second-order valence-corrected chi connectivity index (χ2v) is 6.95. The zero-order valence-corrected chi connectivity index (χ0v) is 15.4. The standard InChI is InChI=1S/C21H21FN2O4/c1-13-10-16(12-17(22)11-13)19(25)23-18-4-2-14(3-5-18)20(26)24-8-6-15(7-9-24)21(27)28/h2-5,10-12,15H,6-9H2,1H3,(H,23,25)(H,27,28). The summed E-state index contributed by atoms with van der Waals surface area (Å²) in [5, 5.41) is 11.7. The Balaban J connectivity index is 1.62. The van der Waals surface area contributed by atoms with E-state index in [9.17, 15) is 18.8 Å². The van der Waals surface area contributed by atoms with Crippen LogP contribution in [0.15, 0.2) is 42.5 Å². The van der Waals surface area contributed by atoms with Crippen LogP contribution in [0.2, 0.25) is 0 Å². The first-order valence-corrected chi connectivity index (χ1v) is 9.04. The molecule has 2 amide bonds. The first-order valence-electron chi connectivity index (χ1n) is 9.04. The van der Waals surface area contributed by atoms with Crippen molar-refractivity contribution in [1.29, 1.82) is 0 Å². The molecular weight excluding hydrogens is 363 g/mol. The Kier molecular flexibility index (Phi) is 5.73. The van der Waals surface area contributed by atoms with Gasteiger partial charge in [0.2, 0.25) is 0 Å². The topological polar surface area (TPSA) is 86.7 Å². The molecule has 1 heterocycles. The highest BCUT2D eigenvalue weighted by Gasteiger charge is 2.27. The molecule has 1 aliphatic heterocycles. The molecule has 28 heavy (non-hydrogen) atoms. The molecule has 0 atom stereocenters. The summed E-state index contributed by atoms with van der Waals surface area (Å²) in [6, 6.07) is 10.5. The molecule has 2 aromatic rings. The summed E-state index contributed by atoms with van der Waals surface area (Å²) in [5.41, 5.74) is 1.83. The Morgan fingerprint density at radius 1 is 1.04 bits per heavy atom. The minimum Gasteiger partial charge on any atom is -0.481 e. The molecule has 2 aromatic carbocycles. The molecule has 0 aliphatic carbocycles. The maximum atomic E-state index is 13.5. The number of rotatable bonds is 4. The number of hydrogen-bond donors (Lipinski definition) is 2. The Morgan fingerprint density at radius 2 is 1.68 bits per heavy atom. The molecule has 0 radical (unpaired) electrons. The van der Waals surface area contributed by atoms with Gasteiger partial charge in [-0.3, -0.25) is 14.4 Å². The molecule has 0 bridgehead atoms. The van der Waals surface area contributed by atoms with Crippen molar-refractivity contribution in [3.8, 4) is 0 Å². The van der Waals surface area contributed by atoms with Crippen LogP contribution in [-0.2, 0) is 4.79 Å². The highest BCUT2D eigenvalue weighted by atomic mass is 19.1. The minimum absolute atomic E-state index is 0.164. The van der Waals surface area contributed by atoms with Gasteiger partial charge in [0.15, 0.2) is 0 Å². The molecule has 7 heteroatoms. The monoisotopic (exact) mass is 384 g/mol. The van der Waals surface area contributed by atoms with Crippen molar-refractivity contribution in [2.75, 3.05) is 18.4 Å². The first kappa shape index (κ1) is 19.5. The van der Waals surface area contributed by atoms with E-state index in [0.29, 0.717) is 42.7 Å². The van der Waals surface area contributed by atoms with Gasteiger partial charge < -0.3 is 15.3 Å². The lowest BCUT2D eigenvalue weighted by Gasteiger charge is -2.30. The molecule has 1 fully saturated rings. The Morgan fingerprint density at radius 3 is 2.25 bits per heavy atom. The number of likely N-dealkylation sites (tertiary alicyclic amines) is 1. The normalized spacial score (nSPS) is 14.6. The van der Waals surface area contributed by atoms with Crippen molar-refractivity contribution >= 4 is 23.5 Å². The average molecular weight is 384 g/mol. The van der Waals surface area contributed by atoms with E-state index in [0.717, 1.165) is 0 Å². The SMILES string of the molecule is Cc1cc(F)cc(C(=O)Nc2ccc(C(=O)N3CCC(C(=O)O)CC3)cc2)c1. The third-order valence-electron chi connectivity index (χ3n) is 4.83. The predicted octanol–water partition coefficient (Wildman–Crippen LogP) is 3.32. The predicted molar refractivity (Wildman–Crippen MR) is 102 cm³/mol. The molecule has 0 saturated carbocycles. The number of carbonyl (C=O) groups excluding carboxylic acids is 2. The van der Waals surface area contributed by atoms with Gasteiger partial charge >= 0.3 is 5.97 Å². The molecule has 2 N–H and O–H groups in total. The van der Waals surface area contributed by atoms with Crippen LogP contribution in [0.3, 0.4) is 0 Å². The zero-order chi connectivity index (χ0) is 20.3. The number of amides is 2. The Labute approximate surface area is 162 Å². The van der Waals surface area contributed by atoms with Crippen LogP contribution < -0.4 is 5.32 Å².